The fourth-order valence-electron chi connectivity index (χ4n) is 5.73. The van der Waals surface area contributed by atoms with E-state index in [0.29, 0.717) is 24.4 Å². The molecule has 3 saturated heterocycles. The van der Waals surface area contributed by atoms with Gasteiger partial charge in [-0.25, -0.2) is 24.1 Å². The molecule has 2 bridgehead atoms. The third-order valence-electron chi connectivity index (χ3n) is 7.88. The largest absolute Gasteiger partial charge is 0.472 e. The van der Waals surface area contributed by atoms with Crippen LogP contribution in [0.15, 0.2) is 29.7 Å². The molecule has 0 radical (unpaired) electrons. The average Bonchev–Trinajstić information content (AvgIpc) is 3.79. The number of aliphatic hydroxyl groups is 2. The van der Waals surface area contributed by atoms with Crippen LogP contribution in [0.3, 0.4) is 0 Å². The SMILES string of the molecule is NCCNc1ncnc2c1ncn2[C@@H]1O[C@@H]2COP(=O)(O)OC3C(O)[C@@H](COP(=O)(O)OC2C1O)O[C@H]3n1ccc2c(=O)[nH]c(N)nc21. The number of fused-ring (bicyclic) bond motifs is 5. The molecule has 260 valence electrons. The average molecular weight is 716 g/mol. The normalized spacial score (nSPS) is 36.0. The van der Waals surface area contributed by atoms with Crippen LogP contribution in [0.2, 0.25) is 0 Å². The molecule has 6 unspecified atom stereocenters. The van der Waals surface area contributed by atoms with E-state index in [9.17, 15) is 33.9 Å². The highest BCUT2D eigenvalue weighted by atomic mass is 31.2. The molecule has 4 aromatic rings. The summed E-state index contributed by atoms with van der Waals surface area (Å²) in [4.78, 5) is 52.8. The molecule has 25 heteroatoms. The highest BCUT2D eigenvalue weighted by Gasteiger charge is 2.54. The van der Waals surface area contributed by atoms with E-state index in [-0.39, 0.29) is 22.6 Å². The van der Waals surface area contributed by atoms with Crippen molar-refractivity contribution in [3.05, 3.63) is 35.3 Å². The van der Waals surface area contributed by atoms with Gasteiger partial charge in [-0.1, -0.05) is 0 Å². The number of aliphatic hydroxyl groups excluding tert-OH is 2. The van der Waals surface area contributed by atoms with Crippen molar-refractivity contribution in [1.82, 2.24) is 34.1 Å². The van der Waals surface area contributed by atoms with Crippen LogP contribution in [-0.4, -0.2) is 117 Å². The van der Waals surface area contributed by atoms with E-state index in [1.54, 1.807) is 0 Å². The Morgan fingerprint density at radius 2 is 1.67 bits per heavy atom. The number of anilines is 2. The quantitative estimate of drug-likeness (QED) is 0.104. The number of ether oxygens (including phenoxy) is 2. The second kappa shape index (κ2) is 12.5. The van der Waals surface area contributed by atoms with Crippen LogP contribution < -0.4 is 22.3 Å². The van der Waals surface area contributed by atoms with Gasteiger partial charge in [0.15, 0.2) is 35.1 Å². The summed E-state index contributed by atoms with van der Waals surface area (Å²) >= 11 is 0. The van der Waals surface area contributed by atoms with Gasteiger partial charge in [-0.15, -0.1) is 0 Å². The molecule has 7 heterocycles. The minimum atomic E-state index is -5.11. The number of nitrogens with one attached hydrogen (secondary N) is 2. The minimum Gasteiger partial charge on any atom is -0.387 e. The molecule has 0 spiro atoms. The topological polar surface area (TPSA) is 329 Å². The van der Waals surface area contributed by atoms with E-state index < -0.39 is 83.5 Å². The number of H-pyrrole nitrogens is 1. The minimum absolute atomic E-state index is 0.0172. The van der Waals surface area contributed by atoms with Crippen molar-refractivity contribution in [2.75, 3.05) is 37.4 Å². The Hall–Kier alpha value is -3.41. The zero-order valence-corrected chi connectivity index (χ0v) is 26.2. The van der Waals surface area contributed by atoms with Crippen LogP contribution in [0.4, 0.5) is 11.8 Å². The Labute approximate surface area is 267 Å². The lowest BCUT2D eigenvalue weighted by Crippen LogP contribution is -2.36. The summed E-state index contributed by atoms with van der Waals surface area (Å²) in [6.07, 6.45) is -8.63. The maximum absolute atomic E-state index is 13.3. The second-order valence-corrected chi connectivity index (χ2v) is 13.8. The van der Waals surface area contributed by atoms with Crippen molar-refractivity contribution in [3.8, 4) is 0 Å². The number of hydrogen-bond acceptors (Lipinski definition) is 18. The predicted molar refractivity (Wildman–Crippen MR) is 159 cm³/mol. The van der Waals surface area contributed by atoms with Gasteiger partial charge in [0.1, 0.15) is 43.0 Å². The fourth-order valence-corrected chi connectivity index (χ4v) is 7.63. The summed E-state index contributed by atoms with van der Waals surface area (Å²) in [6.45, 7) is -0.932. The summed E-state index contributed by atoms with van der Waals surface area (Å²) in [6, 6.07) is 1.37. The molecule has 48 heavy (non-hydrogen) atoms. The lowest BCUT2D eigenvalue weighted by molar-refractivity contribution is -0.0670. The molecule has 3 aliphatic heterocycles. The molecule has 10 N–H and O–H groups in total. The number of nitrogens with two attached hydrogens (primary N) is 2. The van der Waals surface area contributed by atoms with Crippen molar-refractivity contribution >= 4 is 49.6 Å². The van der Waals surface area contributed by atoms with Gasteiger partial charge in [0.2, 0.25) is 5.95 Å². The van der Waals surface area contributed by atoms with E-state index in [1.807, 2.05) is 0 Å². The van der Waals surface area contributed by atoms with Crippen LogP contribution in [0.1, 0.15) is 12.5 Å². The van der Waals surface area contributed by atoms with E-state index in [4.69, 9.17) is 39.0 Å². The van der Waals surface area contributed by atoms with Gasteiger partial charge in [-0.3, -0.25) is 32.4 Å². The van der Waals surface area contributed by atoms with Crippen LogP contribution in [0.25, 0.3) is 22.2 Å². The van der Waals surface area contributed by atoms with Crippen LogP contribution in [-0.2, 0) is 36.7 Å². The Morgan fingerprint density at radius 3 is 2.42 bits per heavy atom. The molecule has 3 fully saturated rings. The standard InChI is InChI=1S/C23H30N10O13P2/c24-2-3-26-17-12-19(28-7-27-17)33(8-29-12)21-14(35)15-11(44-21)6-42-48(39,40)46-16-13(34)10(5-41-47(37,38)45-15)43-22(16)32-4-1-9-18(32)30-23(25)31-20(9)36/h1,4,7-8,10-11,13-16,21-22,34-35H,2-3,5-6,24H2,(H,37,38)(H,39,40)(H,26,27,28)(H3,25,30,31,36)/t10-,11-,13?,14?,15?,16?,21-,22-/m1/s1. The summed E-state index contributed by atoms with van der Waals surface area (Å²) in [5.74, 6) is 0.105. The summed E-state index contributed by atoms with van der Waals surface area (Å²) in [7, 11) is -10.2. The summed E-state index contributed by atoms with van der Waals surface area (Å²) in [5.41, 5.74) is 11.2. The molecule has 0 aliphatic carbocycles. The predicted octanol–water partition coefficient (Wildman–Crippen LogP) is -1.95. The van der Waals surface area contributed by atoms with Gasteiger partial charge in [0, 0.05) is 19.3 Å². The van der Waals surface area contributed by atoms with Crippen LogP contribution in [0.5, 0.6) is 0 Å². The van der Waals surface area contributed by atoms with Gasteiger partial charge in [-0.05, 0) is 6.07 Å². The molecular weight excluding hydrogens is 686 g/mol. The van der Waals surface area contributed by atoms with Crippen molar-refractivity contribution in [2.45, 2.75) is 49.1 Å². The van der Waals surface area contributed by atoms with Gasteiger partial charge in [0.25, 0.3) is 5.56 Å². The lowest BCUT2D eigenvalue weighted by atomic mass is 10.1. The Bertz CT molecular complexity index is 1990. The lowest BCUT2D eigenvalue weighted by Gasteiger charge is -2.26. The number of phosphoric acid groups is 2. The van der Waals surface area contributed by atoms with E-state index >= 15 is 0 Å². The second-order valence-electron chi connectivity index (χ2n) is 11.0. The van der Waals surface area contributed by atoms with Crippen LogP contribution >= 0.6 is 15.6 Å². The first-order valence-corrected chi connectivity index (χ1v) is 17.3. The number of phosphoric ester groups is 2. The first-order valence-electron chi connectivity index (χ1n) is 14.3. The molecule has 0 amide bonds. The first kappa shape index (κ1) is 33.1. The Morgan fingerprint density at radius 1 is 0.958 bits per heavy atom. The van der Waals surface area contributed by atoms with Crippen LogP contribution in [0, 0.1) is 0 Å². The smallest absolute Gasteiger partial charge is 0.387 e. The fraction of sp³-hybridized carbons (Fsp3) is 0.522. The van der Waals surface area contributed by atoms with E-state index in [1.165, 1.54) is 34.1 Å². The first-order chi connectivity index (χ1) is 22.9. The highest BCUT2D eigenvalue weighted by molar-refractivity contribution is 7.47. The zero-order valence-electron chi connectivity index (χ0n) is 24.5. The maximum Gasteiger partial charge on any atom is 0.472 e. The summed E-state index contributed by atoms with van der Waals surface area (Å²) < 4.78 is 61.8. The number of aromatic nitrogens is 7. The third kappa shape index (κ3) is 6.02. The van der Waals surface area contributed by atoms with E-state index in [0.717, 1.165) is 0 Å². The number of imidazole rings is 1. The van der Waals surface area contributed by atoms with Gasteiger partial charge in [0.05, 0.1) is 24.9 Å². The summed E-state index contributed by atoms with van der Waals surface area (Å²) in [5, 5.41) is 25.4. The van der Waals surface area contributed by atoms with Crippen molar-refractivity contribution in [1.29, 1.82) is 0 Å². The molecule has 0 saturated carbocycles. The zero-order chi connectivity index (χ0) is 34.0. The molecule has 3 aliphatic rings. The Kier molecular flexibility index (Phi) is 8.61. The van der Waals surface area contributed by atoms with Crippen molar-refractivity contribution in [2.24, 2.45) is 5.73 Å². The van der Waals surface area contributed by atoms with Gasteiger partial charge in [-0.2, -0.15) is 4.98 Å². The Balaban J connectivity index is 1.19. The number of aromatic amines is 1. The molecule has 10 atom stereocenters. The molecule has 23 nitrogen and oxygen atoms in total. The highest BCUT2D eigenvalue weighted by Crippen LogP contribution is 2.53. The van der Waals surface area contributed by atoms with Crippen molar-refractivity contribution < 1.29 is 56.7 Å². The van der Waals surface area contributed by atoms with Gasteiger partial charge < -0.3 is 50.8 Å². The number of rotatable bonds is 5. The van der Waals surface area contributed by atoms with Crippen molar-refractivity contribution in [3.63, 3.8) is 0 Å². The molecular formula is C23H30N10O13P2. The number of hydrogen-bond donors (Lipinski definition) is 8. The molecule has 4 aromatic heterocycles. The maximum atomic E-state index is 13.3. The number of nitrogen functional groups attached to an aromatic ring is 1. The monoisotopic (exact) mass is 716 g/mol. The third-order valence-corrected chi connectivity index (χ3v) is 9.85. The van der Waals surface area contributed by atoms with E-state index in [2.05, 4.69) is 30.2 Å². The number of nitrogens with zero attached hydrogens (tertiary/aromatic N) is 6. The molecule has 0 aromatic carbocycles. The van der Waals surface area contributed by atoms with Gasteiger partial charge >= 0.3 is 15.6 Å². The molecule has 7 rings (SSSR count).